The van der Waals surface area contributed by atoms with Crippen molar-refractivity contribution in [3.63, 3.8) is 0 Å². The Bertz CT molecular complexity index is 391. The Hall–Kier alpha value is -1.55. The smallest absolute Gasteiger partial charge is 0.330 e. The summed E-state index contributed by atoms with van der Waals surface area (Å²) in [5.41, 5.74) is 6.17. The van der Waals surface area contributed by atoms with E-state index in [0.29, 0.717) is 23.0 Å². The third-order valence-electron chi connectivity index (χ3n) is 1.60. The van der Waals surface area contributed by atoms with Gasteiger partial charge >= 0.3 is 5.97 Å². The highest BCUT2D eigenvalue weighted by molar-refractivity contribution is 6.30. The maximum Gasteiger partial charge on any atom is 0.330 e. The van der Waals surface area contributed by atoms with Gasteiger partial charge in [0.15, 0.2) is 0 Å². The van der Waals surface area contributed by atoms with E-state index < -0.39 is 5.97 Å². The molecule has 1 aromatic heterocycles. The molecule has 0 unspecified atom stereocenters. The first-order valence-electron chi connectivity index (χ1n) is 4.39. The first-order valence-corrected chi connectivity index (χ1v) is 4.77. The summed E-state index contributed by atoms with van der Waals surface area (Å²) < 4.78 is 4.71. The van der Waals surface area contributed by atoms with Gasteiger partial charge in [-0.05, 0) is 19.1 Å². The van der Waals surface area contributed by atoms with Gasteiger partial charge in [-0.3, -0.25) is 0 Å². The van der Waals surface area contributed by atoms with Crippen LogP contribution in [0.15, 0.2) is 18.3 Å². The molecule has 0 aliphatic carbocycles. The third kappa shape index (κ3) is 3.59. The van der Waals surface area contributed by atoms with E-state index in [4.69, 9.17) is 22.1 Å². The van der Waals surface area contributed by atoms with Crippen molar-refractivity contribution in [1.29, 1.82) is 0 Å². The highest BCUT2D eigenvalue weighted by Gasteiger charge is 1.99. The molecule has 0 amide bonds. The van der Waals surface area contributed by atoms with Gasteiger partial charge in [0.05, 0.1) is 11.6 Å². The molecule has 1 rings (SSSR count). The first kappa shape index (κ1) is 11.5. The molecule has 0 radical (unpaired) electrons. The van der Waals surface area contributed by atoms with Crippen LogP contribution in [0, 0.1) is 0 Å². The number of carbonyl (C=O) groups excluding carboxylic acids is 1. The minimum Gasteiger partial charge on any atom is -0.463 e. The highest BCUT2D eigenvalue weighted by Crippen LogP contribution is 2.16. The van der Waals surface area contributed by atoms with Gasteiger partial charge in [0.1, 0.15) is 5.82 Å². The average Bonchev–Trinajstić information content (AvgIpc) is 2.20. The second kappa shape index (κ2) is 5.36. The number of hydrogen-bond donors (Lipinski definition) is 1. The Labute approximate surface area is 92.7 Å². The SMILES string of the molecule is CCOC(=O)C=Cc1cc(Cl)cnc1N. The van der Waals surface area contributed by atoms with E-state index in [0.717, 1.165) is 0 Å². The van der Waals surface area contributed by atoms with Crippen molar-refractivity contribution in [3.8, 4) is 0 Å². The van der Waals surface area contributed by atoms with Crippen LogP contribution in [-0.2, 0) is 9.53 Å². The van der Waals surface area contributed by atoms with Crippen molar-refractivity contribution in [3.05, 3.63) is 28.9 Å². The van der Waals surface area contributed by atoms with Crippen LogP contribution < -0.4 is 5.73 Å². The fourth-order valence-corrected chi connectivity index (χ4v) is 1.11. The number of nitrogens with zero attached hydrogens (tertiary/aromatic N) is 1. The van der Waals surface area contributed by atoms with Gasteiger partial charge in [-0.2, -0.15) is 0 Å². The molecule has 0 bridgehead atoms. The number of nitrogens with two attached hydrogens (primary N) is 1. The van der Waals surface area contributed by atoms with E-state index in [1.807, 2.05) is 0 Å². The molecule has 0 saturated carbocycles. The van der Waals surface area contributed by atoms with Crippen molar-refractivity contribution in [2.45, 2.75) is 6.92 Å². The number of esters is 1. The van der Waals surface area contributed by atoms with E-state index in [1.165, 1.54) is 18.3 Å². The lowest BCUT2D eigenvalue weighted by molar-refractivity contribution is -0.137. The van der Waals surface area contributed by atoms with E-state index in [2.05, 4.69) is 4.98 Å². The van der Waals surface area contributed by atoms with E-state index in [9.17, 15) is 4.79 Å². The number of pyridine rings is 1. The fraction of sp³-hybridized carbons (Fsp3) is 0.200. The summed E-state index contributed by atoms with van der Waals surface area (Å²) in [5.74, 6) is -0.100. The highest BCUT2D eigenvalue weighted by atomic mass is 35.5. The summed E-state index contributed by atoms with van der Waals surface area (Å²) >= 11 is 5.73. The molecule has 80 valence electrons. The van der Waals surface area contributed by atoms with Crippen molar-refractivity contribution < 1.29 is 9.53 Å². The summed E-state index contributed by atoms with van der Waals surface area (Å²) in [6.07, 6.45) is 4.25. The third-order valence-corrected chi connectivity index (χ3v) is 1.81. The molecule has 5 heteroatoms. The predicted molar refractivity (Wildman–Crippen MR) is 59.3 cm³/mol. The molecule has 0 spiro atoms. The van der Waals surface area contributed by atoms with Crippen LogP contribution in [0.3, 0.4) is 0 Å². The van der Waals surface area contributed by atoms with Gasteiger partial charge in [-0.1, -0.05) is 11.6 Å². The molecule has 0 saturated heterocycles. The van der Waals surface area contributed by atoms with Crippen LogP contribution >= 0.6 is 11.6 Å². The normalized spacial score (nSPS) is 10.5. The Morgan fingerprint density at radius 1 is 1.73 bits per heavy atom. The average molecular weight is 227 g/mol. The van der Waals surface area contributed by atoms with Crippen LogP contribution in [0.4, 0.5) is 5.82 Å². The molecule has 0 aliphatic heterocycles. The molecule has 1 heterocycles. The number of aromatic nitrogens is 1. The summed E-state index contributed by atoms with van der Waals surface area (Å²) in [5, 5.41) is 0.465. The Morgan fingerprint density at radius 2 is 2.47 bits per heavy atom. The summed E-state index contributed by atoms with van der Waals surface area (Å²) in [6, 6.07) is 1.62. The minimum atomic E-state index is -0.420. The number of anilines is 1. The number of rotatable bonds is 3. The molecule has 0 aromatic carbocycles. The van der Waals surface area contributed by atoms with Crippen LogP contribution in [0.1, 0.15) is 12.5 Å². The van der Waals surface area contributed by atoms with E-state index >= 15 is 0 Å². The maximum absolute atomic E-state index is 11.0. The number of nitrogen functional groups attached to an aromatic ring is 1. The lowest BCUT2D eigenvalue weighted by atomic mass is 10.2. The van der Waals surface area contributed by atoms with Crippen LogP contribution in [0.25, 0.3) is 6.08 Å². The van der Waals surface area contributed by atoms with Crippen molar-refractivity contribution in [1.82, 2.24) is 4.98 Å². The van der Waals surface area contributed by atoms with Crippen molar-refractivity contribution in [2.24, 2.45) is 0 Å². The van der Waals surface area contributed by atoms with Crippen LogP contribution in [0.2, 0.25) is 5.02 Å². The van der Waals surface area contributed by atoms with Gasteiger partial charge in [-0.25, -0.2) is 9.78 Å². The monoisotopic (exact) mass is 226 g/mol. The predicted octanol–water partition coefficient (Wildman–Crippen LogP) is 1.89. The largest absolute Gasteiger partial charge is 0.463 e. The minimum absolute atomic E-state index is 0.319. The zero-order valence-corrected chi connectivity index (χ0v) is 8.99. The number of halogens is 1. The molecule has 0 atom stereocenters. The molecule has 1 aromatic rings. The molecule has 4 nitrogen and oxygen atoms in total. The lowest BCUT2D eigenvalue weighted by Crippen LogP contribution is -1.99. The van der Waals surface area contributed by atoms with Gasteiger partial charge in [0.25, 0.3) is 0 Å². The zero-order chi connectivity index (χ0) is 11.3. The number of ether oxygens (including phenoxy) is 1. The quantitative estimate of drug-likeness (QED) is 0.632. The van der Waals surface area contributed by atoms with Gasteiger partial charge in [-0.15, -0.1) is 0 Å². The molecule has 0 fully saturated rings. The topological polar surface area (TPSA) is 65.2 Å². The number of carbonyl (C=O) groups is 1. The molecule has 0 aliphatic rings. The molecular formula is C10H11ClN2O2. The van der Waals surface area contributed by atoms with Crippen molar-refractivity contribution in [2.75, 3.05) is 12.3 Å². The summed E-state index contributed by atoms with van der Waals surface area (Å²) in [6.45, 7) is 2.08. The van der Waals surface area contributed by atoms with Gasteiger partial charge < -0.3 is 10.5 Å². The van der Waals surface area contributed by atoms with Gasteiger partial charge in [0, 0.05) is 17.8 Å². The Morgan fingerprint density at radius 3 is 3.13 bits per heavy atom. The van der Waals surface area contributed by atoms with Crippen LogP contribution in [-0.4, -0.2) is 17.6 Å². The summed E-state index contributed by atoms with van der Waals surface area (Å²) in [4.78, 5) is 14.9. The van der Waals surface area contributed by atoms with E-state index in [-0.39, 0.29) is 0 Å². The Kier molecular flexibility index (Phi) is 4.12. The lowest BCUT2D eigenvalue weighted by Gasteiger charge is -1.99. The molecule has 15 heavy (non-hydrogen) atoms. The standard InChI is InChI=1S/C10H11ClN2O2/c1-2-15-9(14)4-3-7-5-8(11)6-13-10(7)12/h3-6H,2H2,1H3,(H2,12,13). The second-order valence-electron chi connectivity index (χ2n) is 2.71. The van der Waals surface area contributed by atoms with Crippen LogP contribution in [0.5, 0.6) is 0 Å². The first-order chi connectivity index (χ1) is 7.13. The molecular weight excluding hydrogens is 216 g/mol. The van der Waals surface area contributed by atoms with Crippen molar-refractivity contribution >= 4 is 29.5 Å². The van der Waals surface area contributed by atoms with E-state index in [1.54, 1.807) is 13.0 Å². The maximum atomic E-state index is 11.0. The fourth-order valence-electron chi connectivity index (χ4n) is 0.947. The molecule has 2 N–H and O–H groups in total. The zero-order valence-electron chi connectivity index (χ0n) is 8.24. The van der Waals surface area contributed by atoms with Gasteiger partial charge in [0.2, 0.25) is 0 Å². The Balaban J connectivity index is 2.79. The number of hydrogen-bond acceptors (Lipinski definition) is 4. The second-order valence-corrected chi connectivity index (χ2v) is 3.15. The summed E-state index contributed by atoms with van der Waals surface area (Å²) in [7, 11) is 0.